The Morgan fingerprint density at radius 3 is 2.46 bits per heavy atom. The number of benzene rings is 1. The standard InChI is InChI=1S/C16H12Cl2N2O4/c1-22-12-4-3-8-11(5-13(21)24-15(8)16(12)23-2)20-14-9(17)6-19-7-10(14)18/h3-7H,1-2H3,(H,19,20). The molecular formula is C16H12Cl2N2O4. The first-order chi connectivity index (χ1) is 11.5. The third kappa shape index (κ3) is 2.86. The Hall–Kier alpha value is -2.44. The van der Waals surface area contributed by atoms with Crippen molar-refractivity contribution >= 4 is 45.5 Å². The molecule has 8 heteroatoms. The number of rotatable bonds is 4. The van der Waals surface area contributed by atoms with Gasteiger partial charge in [0.2, 0.25) is 5.75 Å². The average molecular weight is 367 g/mol. The molecule has 0 saturated carbocycles. The highest BCUT2D eigenvalue weighted by Crippen LogP contribution is 2.39. The molecule has 0 amide bonds. The summed E-state index contributed by atoms with van der Waals surface area (Å²) < 4.78 is 15.8. The predicted octanol–water partition coefficient (Wildman–Crippen LogP) is 4.26. The summed E-state index contributed by atoms with van der Waals surface area (Å²) in [5.41, 5.74) is 0.609. The quantitative estimate of drug-likeness (QED) is 0.695. The molecule has 0 bridgehead atoms. The van der Waals surface area contributed by atoms with Gasteiger partial charge < -0.3 is 19.2 Å². The number of halogens is 2. The lowest BCUT2D eigenvalue weighted by Gasteiger charge is -2.14. The molecule has 1 aromatic carbocycles. The van der Waals surface area contributed by atoms with E-state index >= 15 is 0 Å². The molecule has 1 N–H and O–H groups in total. The van der Waals surface area contributed by atoms with E-state index in [1.54, 1.807) is 12.1 Å². The Balaban J connectivity index is 2.24. The van der Waals surface area contributed by atoms with Crippen LogP contribution in [0.1, 0.15) is 0 Å². The van der Waals surface area contributed by atoms with Crippen molar-refractivity contribution in [1.29, 1.82) is 0 Å². The van der Waals surface area contributed by atoms with E-state index in [2.05, 4.69) is 10.3 Å². The van der Waals surface area contributed by atoms with Gasteiger partial charge in [-0.15, -0.1) is 0 Å². The molecule has 0 spiro atoms. The van der Waals surface area contributed by atoms with Crippen LogP contribution in [-0.2, 0) is 0 Å². The summed E-state index contributed by atoms with van der Waals surface area (Å²) in [5.74, 6) is 0.771. The predicted molar refractivity (Wildman–Crippen MR) is 93.1 cm³/mol. The molecular weight excluding hydrogens is 355 g/mol. The number of ether oxygens (including phenoxy) is 2. The number of nitrogens with one attached hydrogen (secondary N) is 1. The van der Waals surface area contributed by atoms with Gasteiger partial charge in [-0.25, -0.2) is 4.79 Å². The number of aromatic nitrogens is 1. The Morgan fingerprint density at radius 2 is 1.83 bits per heavy atom. The molecule has 0 unspecified atom stereocenters. The third-order valence-corrected chi connectivity index (χ3v) is 3.94. The smallest absolute Gasteiger partial charge is 0.338 e. The summed E-state index contributed by atoms with van der Waals surface area (Å²) in [6.45, 7) is 0. The minimum atomic E-state index is -0.558. The van der Waals surface area contributed by atoms with Crippen LogP contribution in [0.15, 0.2) is 39.8 Å². The van der Waals surface area contributed by atoms with Gasteiger partial charge in [0.1, 0.15) is 0 Å². The molecule has 0 saturated heterocycles. The Labute approximate surface area is 146 Å². The first kappa shape index (κ1) is 16.4. The topological polar surface area (TPSA) is 73.6 Å². The van der Waals surface area contributed by atoms with Crippen molar-refractivity contribution in [2.24, 2.45) is 0 Å². The van der Waals surface area contributed by atoms with Gasteiger partial charge in [0, 0.05) is 23.8 Å². The zero-order valence-electron chi connectivity index (χ0n) is 12.7. The lowest BCUT2D eigenvalue weighted by molar-refractivity contribution is 0.352. The molecule has 0 aliphatic carbocycles. The maximum absolute atomic E-state index is 12.0. The lowest BCUT2D eigenvalue weighted by atomic mass is 10.1. The van der Waals surface area contributed by atoms with Gasteiger partial charge in [0.25, 0.3) is 0 Å². The summed E-state index contributed by atoms with van der Waals surface area (Å²) >= 11 is 12.2. The van der Waals surface area contributed by atoms with Gasteiger partial charge >= 0.3 is 5.63 Å². The minimum Gasteiger partial charge on any atom is -0.493 e. The zero-order chi connectivity index (χ0) is 17.3. The van der Waals surface area contributed by atoms with Gasteiger partial charge in [0.05, 0.1) is 35.6 Å². The van der Waals surface area contributed by atoms with E-state index in [9.17, 15) is 4.79 Å². The molecule has 0 atom stereocenters. The van der Waals surface area contributed by atoms with Crippen molar-refractivity contribution < 1.29 is 13.9 Å². The van der Waals surface area contributed by atoms with Crippen LogP contribution in [0.25, 0.3) is 11.0 Å². The summed E-state index contributed by atoms with van der Waals surface area (Å²) in [6.07, 6.45) is 2.90. The van der Waals surface area contributed by atoms with E-state index in [0.29, 0.717) is 38.3 Å². The molecule has 3 rings (SSSR count). The van der Waals surface area contributed by atoms with Gasteiger partial charge in [-0.2, -0.15) is 0 Å². The maximum atomic E-state index is 12.0. The van der Waals surface area contributed by atoms with E-state index in [1.165, 1.54) is 32.7 Å². The molecule has 0 aliphatic heterocycles. The Bertz CT molecular complexity index is 952. The van der Waals surface area contributed by atoms with Crippen molar-refractivity contribution in [3.63, 3.8) is 0 Å². The van der Waals surface area contributed by atoms with Crippen LogP contribution < -0.4 is 20.4 Å². The van der Waals surface area contributed by atoms with Crippen LogP contribution in [0.3, 0.4) is 0 Å². The summed E-state index contributed by atoms with van der Waals surface area (Å²) in [7, 11) is 2.97. The van der Waals surface area contributed by atoms with E-state index < -0.39 is 5.63 Å². The van der Waals surface area contributed by atoms with Crippen LogP contribution in [0.5, 0.6) is 11.5 Å². The first-order valence-electron chi connectivity index (χ1n) is 6.80. The summed E-state index contributed by atoms with van der Waals surface area (Å²) in [4.78, 5) is 15.8. The van der Waals surface area contributed by atoms with E-state index in [-0.39, 0.29) is 5.58 Å². The fourth-order valence-electron chi connectivity index (χ4n) is 2.31. The molecule has 0 aliphatic rings. The third-order valence-electron chi connectivity index (χ3n) is 3.37. The highest BCUT2D eigenvalue weighted by molar-refractivity contribution is 6.39. The van der Waals surface area contributed by atoms with Crippen LogP contribution >= 0.6 is 23.2 Å². The van der Waals surface area contributed by atoms with Crippen LogP contribution in [0, 0.1) is 0 Å². The number of nitrogens with zero attached hydrogens (tertiary/aromatic N) is 1. The average Bonchev–Trinajstić information content (AvgIpc) is 2.56. The van der Waals surface area contributed by atoms with Crippen LogP contribution in [0.4, 0.5) is 11.4 Å². The van der Waals surface area contributed by atoms with Crippen LogP contribution in [0.2, 0.25) is 10.0 Å². The van der Waals surface area contributed by atoms with Crippen molar-refractivity contribution in [3.05, 3.63) is 51.1 Å². The number of pyridine rings is 1. The largest absolute Gasteiger partial charge is 0.493 e. The molecule has 24 heavy (non-hydrogen) atoms. The number of anilines is 2. The Kier molecular flexibility index (Phi) is 4.51. The lowest BCUT2D eigenvalue weighted by Crippen LogP contribution is -2.03. The van der Waals surface area contributed by atoms with Gasteiger partial charge in [-0.1, -0.05) is 23.2 Å². The van der Waals surface area contributed by atoms with E-state index in [1.807, 2.05) is 0 Å². The molecule has 124 valence electrons. The van der Waals surface area contributed by atoms with Crippen LogP contribution in [-0.4, -0.2) is 19.2 Å². The van der Waals surface area contributed by atoms with Gasteiger partial charge in [0.15, 0.2) is 11.3 Å². The minimum absolute atomic E-state index is 0.258. The second-order valence-corrected chi connectivity index (χ2v) is 5.57. The van der Waals surface area contributed by atoms with Crippen molar-refractivity contribution in [1.82, 2.24) is 4.98 Å². The molecule has 2 aromatic heterocycles. The number of fused-ring (bicyclic) bond motifs is 1. The normalized spacial score (nSPS) is 10.7. The maximum Gasteiger partial charge on any atom is 0.338 e. The second kappa shape index (κ2) is 6.59. The molecule has 2 heterocycles. The van der Waals surface area contributed by atoms with E-state index in [4.69, 9.17) is 37.1 Å². The van der Waals surface area contributed by atoms with Crippen molar-refractivity contribution in [2.75, 3.05) is 19.5 Å². The second-order valence-electron chi connectivity index (χ2n) is 4.76. The molecule has 6 nitrogen and oxygen atoms in total. The molecule has 0 fully saturated rings. The van der Waals surface area contributed by atoms with Crippen molar-refractivity contribution in [3.8, 4) is 11.5 Å². The number of hydrogen-bond donors (Lipinski definition) is 1. The fourth-order valence-corrected chi connectivity index (χ4v) is 2.77. The number of methoxy groups -OCH3 is 2. The highest BCUT2D eigenvalue weighted by Gasteiger charge is 2.16. The molecule has 0 radical (unpaired) electrons. The van der Waals surface area contributed by atoms with E-state index in [0.717, 1.165) is 0 Å². The zero-order valence-corrected chi connectivity index (χ0v) is 14.2. The Morgan fingerprint density at radius 1 is 1.12 bits per heavy atom. The number of hydrogen-bond acceptors (Lipinski definition) is 6. The molecule has 3 aromatic rings. The summed E-state index contributed by atoms with van der Waals surface area (Å²) in [5, 5.41) is 4.31. The fraction of sp³-hybridized carbons (Fsp3) is 0.125. The van der Waals surface area contributed by atoms with Gasteiger partial charge in [-0.3, -0.25) is 4.98 Å². The monoisotopic (exact) mass is 366 g/mol. The highest BCUT2D eigenvalue weighted by atomic mass is 35.5. The van der Waals surface area contributed by atoms with Crippen molar-refractivity contribution in [2.45, 2.75) is 0 Å². The first-order valence-corrected chi connectivity index (χ1v) is 7.55. The SMILES string of the molecule is COc1ccc2c(Nc3c(Cl)cncc3Cl)cc(=O)oc2c1OC. The van der Waals surface area contributed by atoms with Gasteiger partial charge in [-0.05, 0) is 12.1 Å². The summed E-state index contributed by atoms with van der Waals surface area (Å²) in [6, 6.07) is 4.76.